The standard InChI is InChI=1S/C20H21N7O/c1-20(2,3)18-19(28-11-15-21-12-27(4)26-15)24-17-14(23-18)10-22-25-16(17)13-8-6-5-7-9-13/h5-10,12H,11H2,1-4H3. The zero-order chi connectivity index (χ0) is 19.7. The first kappa shape index (κ1) is 18.0. The number of rotatable bonds is 4. The van der Waals surface area contributed by atoms with E-state index >= 15 is 0 Å². The summed E-state index contributed by atoms with van der Waals surface area (Å²) in [7, 11) is 1.82. The molecule has 3 heterocycles. The number of aromatic nitrogens is 7. The van der Waals surface area contributed by atoms with Crippen LogP contribution in [0.2, 0.25) is 0 Å². The fourth-order valence-corrected chi connectivity index (χ4v) is 2.85. The Morgan fingerprint density at radius 2 is 1.86 bits per heavy atom. The van der Waals surface area contributed by atoms with Gasteiger partial charge in [0.05, 0.1) is 6.20 Å². The van der Waals surface area contributed by atoms with Gasteiger partial charge in [0.15, 0.2) is 12.4 Å². The van der Waals surface area contributed by atoms with Crippen LogP contribution in [0.4, 0.5) is 0 Å². The molecule has 28 heavy (non-hydrogen) atoms. The molecule has 0 bridgehead atoms. The molecule has 0 saturated carbocycles. The Morgan fingerprint density at radius 3 is 2.54 bits per heavy atom. The first-order chi connectivity index (χ1) is 13.4. The first-order valence-electron chi connectivity index (χ1n) is 8.98. The van der Waals surface area contributed by atoms with Crippen LogP contribution in [0.25, 0.3) is 22.3 Å². The number of aryl methyl sites for hydroxylation is 1. The molecule has 0 aliphatic rings. The van der Waals surface area contributed by atoms with Crippen LogP contribution in [0.3, 0.4) is 0 Å². The lowest BCUT2D eigenvalue weighted by Gasteiger charge is -2.21. The predicted octanol–water partition coefficient (Wildman–Crippen LogP) is 3.09. The maximum atomic E-state index is 6.00. The highest BCUT2D eigenvalue weighted by Gasteiger charge is 2.25. The highest BCUT2D eigenvalue weighted by Crippen LogP contribution is 2.32. The average molecular weight is 375 g/mol. The number of fused-ring (bicyclic) bond motifs is 1. The van der Waals surface area contributed by atoms with Crippen LogP contribution in [0, 0.1) is 0 Å². The molecule has 8 nitrogen and oxygen atoms in total. The molecule has 0 unspecified atom stereocenters. The number of ether oxygens (including phenoxy) is 1. The van der Waals surface area contributed by atoms with Crippen molar-refractivity contribution in [2.45, 2.75) is 32.8 Å². The first-order valence-corrected chi connectivity index (χ1v) is 8.98. The average Bonchev–Trinajstić information content (AvgIpc) is 3.10. The summed E-state index contributed by atoms with van der Waals surface area (Å²) in [5.41, 5.74) is 3.43. The third-order valence-electron chi connectivity index (χ3n) is 4.20. The van der Waals surface area contributed by atoms with Crippen molar-refractivity contribution in [3.05, 3.63) is 54.4 Å². The van der Waals surface area contributed by atoms with Gasteiger partial charge in [0.2, 0.25) is 5.88 Å². The van der Waals surface area contributed by atoms with Crippen molar-refractivity contribution in [1.82, 2.24) is 34.9 Å². The highest BCUT2D eigenvalue weighted by atomic mass is 16.5. The largest absolute Gasteiger partial charge is 0.468 e. The molecule has 0 spiro atoms. The molecule has 0 radical (unpaired) electrons. The van der Waals surface area contributed by atoms with Gasteiger partial charge in [0.25, 0.3) is 0 Å². The molecule has 0 aliphatic heterocycles. The van der Waals surface area contributed by atoms with Gasteiger partial charge in [-0.15, -0.1) is 5.10 Å². The van der Waals surface area contributed by atoms with Gasteiger partial charge in [0.1, 0.15) is 28.7 Å². The summed E-state index contributed by atoms with van der Waals surface area (Å²) in [6.07, 6.45) is 3.27. The van der Waals surface area contributed by atoms with Crippen molar-refractivity contribution >= 4 is 11.0 Å². The van der Waals surface area contributed by atoms with Crippen LogP contribution < -0.4 is 4.74 Å². The van der Waals surface area contributed by atoms with Crippen LogP contribution >= 0.6 is 0 Å². The summed E-state index contributed by atoms with van der Waals surface area (Å²) in [4.78, 5) is 13.8. The number of nitrogens with zero attached hydrogens (tertiary/aromatic N) is 7. The molecule has 1 aromatic carbocycles. The van der Waals surface area contributed by atoms with Crippen molar-refractivity contribution in [2.24, 2.45) is 7.05 Å². The second-order valence-corrected chi connectivity index (χ2v) is 7.54. The minimum absolute atomic E-state index is 0.212. The van der Waals surface area contributed by atoms with Gasteiger partial charge in [-0.1, -0.05) is 51.1 Å². The SMILES string of the molecule is Cn1cnc(COc2nc3c(-c4ccccc4)nncc3nc2C(C)(C)C)n1. The van der Waals surface area contributed by atoms with Crippen LogP contribution in [0.5, 0.6) is 5.88 Å². The molecule has 0 aliphatic carbocycles. The molecular weight excluding hydrogens is 354 g/mol. The van der Waals surface area contributed by atoms with Crippen LogP contribution in [0.1, 0.15) is 32.3 Å². The van der Waals surface area contributed by atoms with Gasteiger partial charge in [-0.05, 0) is 0 Å². The van der Waals surface area contributed by atoms with Crippen LogP contribution in [-0.4, -0.2) is 34.9 Å². The van der Waals surface area contributed by atoms with E-state index in [4.69, 9.17) is 14.7 Å². The van der Waals surface area contributed by atoms with E-state index in [9.17, 15) is 0 Å². The van der Waals surface area contributed by atoms with Gasteiger partial charge in [0, 0.05) is 18.0 Å². The third-order valence-corrected chi connectivity index (χ3v) is 4.20. The zero-order valence-electron chi connectivity index (χ0n) is 16.3. The van der Waals surface area contributed by atoms with E-state index in [1.165, 1.54) is 0 Å². The third kappa shape index (κ3) is 3.53. The molecule has 0 amide bonds. The van der Waals surface area contributed by atoms with E-state index in [1.54, 1.807) is 17.2 Å². The van der Waals surface area contributed by atoms with Crippen molar-refractivity contribution in [3.8, 4) is 17.1 Å². The fraction of sp³-hybridized carbons (Fsp3) is 0.300. The Bertz CT molecular complexity index is 1120. The molecule has 0 N–H and O–H groups in total. The molecule has 4 aromatic rings. The van der Waals surface area contributed by atoms with Gasteiger partial charge >= 0.3 is 0 Å². The van der Waals surface area contributed by atoms with E-state index in [1.807, 2.05) is 37.4 Å². The Morgan fingerprint density at radius 1 is 1.07 bits per heavy atom. The number of hydrogen-bond donors (Lipinski definition) is 0. The smallest absolute Gasteiger partial charge is 0.237 e. The van der Waals surface area contributed by atoms with E-state index in [0.717, 1.165) is 11.3 Å². The van der Waals surface area contributed by atoms with Gasteiger partial charge < -0.3 is 4.74 Å². The molecule has 4 rings (SSSR count). The number of benzene rings is 1. The van der Waals surface area contributed by atoms with Crippen molar-refractivity contribution < 1.29 is 4.74 Å². The summed E-state index contributed by atoms with van der Waals surface area (Å²) in [5.74, 6) is 1.04. The lowest BCUT2D eigenvalue weighted by molar-refractivity contribution is 0.274. The normalized spacial score (nSPS) is 11.7. The highest BCUT2D eigenvalue weighted by molar-refractivity contribution is 5.88. The van der Waals surface area contributed by atoms with E-state index in [2.05, 4.69) is 41.1 Å². The fourth-order valence-electron chi connectivity index (χ4n) is 2.85. The summed E-state index contributed by atoms with van der Waals surface area (Å²) in [6, 6.07) is 9.82. The van der Waals surface area contributed by atoms with Crippen molar-refractivity contribution in [3.63, 3.8) is 0 Å². The quantitative estimate of drug-likeness (QED) is 0.541. The molecule has 3 aromatic heterocycles. The molecule has 8 heteroatoms. The predicted molar refractivity (Wildman–Crippen MR) is 105 cm³/mol. The van der Waals surface area contributed by atoms with Crippen molar-refractivity contribution in [1.29, 1.82) is 0 Å². The summed E-state index contributed by atoms with van der Waals surface area (Å²) in [5, 5.41) is 12.7. The number of hydrogen-bond acceptors (Lipinski definition) is 7. The zero-order valence-corrected chi connectivity index (χ0v) is 16.3. The molecule has 0 atom stereocenters. The van der Waals surface area contributed by atoms with Crippen LogP contribution in [-0.2, 0) is 19.1 Å². The molecule has 0 fully saturated rings. The summed E-state index contributed by atoms with van der Waals surface area (Å²) >= 11 is 0. The van der Waals surface area contributed by atoms with E-state index < -0.39 is 0 Å². The topological polar surface area (TPSA) is 91.5 Å². The maximum Gasteiger partial charge on any atom is 0.237 e. The van der Waals surface area contributed by atoms with Gasteiger partial charge in [-0.3, -0.25) is 4.68 Å². The molecule has 0 saturated heterocycles. The second-order valence-electron chi connectivity index (χ2n) is 7.54. The summed E-state index contributed by atoms with van der Waals surface area (Å²) in [6.45, 7) is 6.42. The Labute approximate surface area is 162 Å². The van der Waals surface area contributed by atoms with Crippen LogP contribution in [0.15, 0.2) is 42.9 Å². The second kappa shape index (κ2) is 6.95. The Balaban J connectivity index is 1.83. The Kier molecular flexibility index (Phi) is 4.46. The lowest BCUT2D eigenvalue weighted by atomic mass is 9.92. The molecular formula is C20H21N7O. The minimum atomic E-state index is -0.260. The minimum Gasteiger partial charge on any atom is -0.468 e. The summed E-state index contributed by atoms with van der Waals surface area (Å²) < 4.78 is 7.64. The van der Waals surface area contributed by atoms with E-state index in [-0.39, 0.29) is 12.0 Å². The Hall–Kier alpha value is -3.42. The maximum absolute atomic E-state index is 6.00. The molecule has 142 valence electrons. The van der Waals surface area contributed by atoms with Gasteiger partial charge in [-0.25, -0.2) is 15.0 Å². The lowest BCUT2D eigenvalue weighted by Crippen LogP contribution is -2.17. The van der Waals surface area contributed by atoms with Gasteiger partial charge in [-0.2, -0.15) is 10.2 Å². The van der Waals surface area contributed by atoms with E-state index in [0.29, 0.717) is 28.4 Å². The monoisotopic (exact) mass is 375 g/mol. The van der Waals surface area contributed by atoms with Crippen molar-refractivity contribution in [2.75, 3.05) is 0 Å².